The van der Waals surface area contributed by atoms with Crippen molar-refractivity contribution in [2.75, 3.05) is 13.1 Å². The third-order valence-corrected chi connectivity index (χ3v) is 4.15. The van der Waals surface area contributed by atoms with Gasteiger partial charge in [0.2, 0.25) is 15.9 Å². The monoisotopic (exact) mass is 266 g/mol. The molecule has 3 N–H and O–H groups in total. The maximum absolute atomic E-state index is 11.9. The smallest absolute Gasteiger partial charge is 0.323 e. The van der Waals surface area contributed by atoms with Gasteiger partial charge in [-0.2, -0.15) is 4.31 Å². The molecule has 0 aliphatic rings. The summed E-state index contributed by atoms with van der Waals surface area (Å²) in [6, 6.07) is 0. The SMILES string of the molecule is CC(C)CN(CC(N)=O)S(=O)(=O)C(C)C(=O)O. The normalized spacial score (nSPS) is 13.9. The lowest BCUT2D eigenvalue weighted by atomic mass is 10.2. The molecule has 100 valence electrons. The maximum atomic E-state index is 11.9. The number of carbonyl (C=O) groups is 2. The number of amides is 1. The molecule has 8 heteroatoms. The van der Waals surface area contributed by atoms with Gasteiger partial charge in [0.1, 0.15) is 0 Å². The number of carboxylic acid groups (broad SMARTS) is 1. The van der Waals surface area contributed by atoms with Gasteiger partial charge in [-0.1, -0.05) is 13.8 Å². The zero-order valence-corrected chi connectivity index (χ0v) is 10.9. The summed E-state index contributed by atoms with van der Waals surface area (Å²) in [6.07, 6.45) is 0. The Morgan fingerprint density at radius 1 is 1.29 bits per heavy atom. The molecule has 0 saturated carbocycles. The number of aliphatic carboxylic acids is 1. The van der Waals surface area contributed by atoms with Crippen molar-refractivity contribution in [2.45, 2.75) is 26.0 Å². The van der Waals surface area contributed by atoms with Crippen LogP contribution in [0.5, 0.6) is 0 Å². The molecule has 7 nitrogen and oxygen atoms in total. The van der Waals surface area contributed by atoms with E-state index in [-0.39, 0.29) is 12.5 Å². The molecule has 0 bridgehead atoms. The summed E-state index contributed by atoms with van der Waals surface area (Å²) < 4.78 is 24.6. The van der Waals surface area contributed by atoms with E-state index in [2.05, 4.69) is 0 Å². The summed E-state index contributed by atoms with van der Waals surface area (Å²) in [5.41, 5.74) is 4.95. The molecular weight excluding hydrogens is 248 g/mol. The lowest BCUT2D eigenvalue weighted by Crippen LogP contribution is -2.46. The second kappa shape index (κ2) is 5.97. The maximum Gasteiger partial charge on any atom is 0.323 e. The Morgan fingerprint density at radius 2 is 1.76 bits per heavy atom. The van der Waals surface area contributed by atoms with Crippen LogP contribution in [0.4, 0.5) is 0 Å². The fourth-order valence-electron chi connectivity index (χ4n) is 1.19. The van der Waals surface area contributed by atoms with E-state index < -0.39 is 33.7 Å². The van der Waals surface area contributed by atoms with Gasteiger partial charge in [0, 0.05) is 6.54 Å². The Kier molecular flexibility index (Phi) is 5.56. The number of sulfonamides is 1. The molecule has 0 saturated heterocycles. The van der Waals surface area contributed by atoms with Crippen molar-refractivity contribution in [2.24, 2.45) is 11.7 Å². The number of hydrogen-bond acceptors (Lipinski definition) is 4. The van der Waals surface area contributed by atoms with Crippen molar-refractivity contribution >= 4 is 21.9 Å². The average Bonchev–Trinajstić information content (AvgIpc) is 2.13. The van der Waals surface area contributed by atoms with Crippen molar-refractivity contribution in [3.05, 3.63) is 0 Å². The molecule has 0 aliphatic heterocycles. The van der Waals surface area contributed by atoms with E-state index in [1.165, 1.54) is 0 Å². The first-order chi connectivity index (χ1) is 7.59. The highest BCUT2D eigenvalue weighted by Gasteiger charge is 2.34. The van der Waals surface area contributed by atoms with Crippen molar-refractivity contribution in [1.29, 1.82) is 0 Å². The van der Waals surface area contributed by atoms with Gasteiger partial charge < -0.3 is 10.8 Å². The zero-order valence-electron chi connectivity index (χ0n) is 10.1. The molecule has 0 spiro atoms. The molecule has 0 aromatic rings. The number of primary amides is 1. The lowest BCUT2D eigenvalue weighted by Gasteiger charge is -2.24. The van der Waals surface area contributed by atoms with Crippen LogP contribution in [0.1, 0.15) is 20.8 Å². The van der Waals surface area contributed by atoms with Crippen molar-refractivity contribution in [3.63, 3.8) is 0 Å². The van der Waals surface area contributed by atoms with Crippen molar-refractivity contribution < 1.29 is 23.1 Å². The van der Waals surface area contributed by atoms with Crippen LogP contribution in [-0.2, 0) is 19.6 Å². The summed E-state index contributed by atoms with van der Waals surface area (Å²) >= 11 is 0. The van der Waals surface area contributed by atoms with Gasteiger partial charge in [-0.05, 0) is 12.8 Å². The van der Waals surface area contributed by atoms with Crippen molar-refractivity contribution in [3.8, 4) is 0 Å². The summed E-state index contributed by atoms with van der Waals surface area (Å²) in [4.78, 5) is 21.5. The first-order valence-corrected chi connectivity index (χ1v) is 6.59. The van der Waals surface area contributed by atoms with Gasteiger partial charge in [0.25, 0.3) is 0 Å². The molecule has 0 rings (SSSR count). The third kappa shape index (κ3) is 4.70. The topological polar surface area (TPSA) is 118 Å². The third-order valence-electron chi connectivity index (χ3n) is 2.06. The number of rotatable bonds is 7. The number of carbonyl (C=O) groups excluding carboxylic acids is 1. The highest BCUT2D eigenvalue weighted by atomic mass is 32.2. The van der Waals surface area contributed by atoms with Crippen LogP contribution in [0, 0.1) is 5.92 Å². The first-order valence-electron chi connectivity index (χ1n) is 5.09. The Bertz CT molecular complexity index is 390. The summed E-state index contributed by atoms with van der Waals surface area (Å²) in [7, 11) is -4.06. The second-order valence-corrected chi connectivity index (χ2v) is 6.43. The van der Waals surface area contributed by atoms with Crippen LogP contribution < -0.4 is 5.73 Å². The van der Waals surface area contributed by atoms with Gasteiger partial charge in [-0.15, -0.1) is 0 Å². The van der Waals surface area contributed by atoms with Gasteiger partial charge in [0.15, 0.2) is 5.25 Å². The van der Waals surface area contributed by atoms with Crippen LogP contribution in [0.3, 0.4) is 0 Å². The molecule has 0 aliphatic carbocycles. The highest BCUT2D eigenvalue weighted by molar-refractivity contribution is 7.90. The Hall–Kier alpha value is -1.15. The summed E-state index contributed by atoms with van der Waals surface area (Å²) in [5, 5.41) is 7.12. The van der Waals surface area contributed by atoms with Crippen LogP contribution in [-0.4, -0.2) is 48.0 Å². The molecule has 1 unspecified atom stereocenters. The molecule has 1 amide bonds. The van der Waals surface area contributed by atoms with Crippen LogP contribution in [0.15, 0.2) is 0 Å². The quantitative estimate of drug-likeness (QED) is 0.627. The fraction of sp³-hybridized carbons (Fsp3) is 0.778. The van der Waals surface area contributed by atoms with E-state index in [4.69, 9.17) is 10.8 Å². The molecule has 0 aromatic carbocycles. The average molecular weight is 266 g/mol. The predicted octanol–water partition coefficient (Wildman–Crippen LogP) is -0.767. The van der Waals surface area contributed by atoms with E-state index in [1.807, 2.05) is 0 Å². The minimum Gasteiger partial charge on any atom is -0.480 e. The number of nitrogens with two attached hydrogens (primary N) is 1. The number of hydrogen-bond donors (Lipinski definition) is 2. The molecule has 0 heterocycles. The number of carboxylic acids is 1. The summed E-state index contributed by atoms with van der Waals surface area (Å²) in [6.45, 7) is 4.14. The highest BCUT2D eigenvalue weighted by Crippen LogP contribution is 2.11. The molecule has 1 atom stereocenters. The van der Waals surface area contributed by atoms with E-state index in [9.17, 15) is 18.0 Å². The van der Waals surface area contributed by atoms with Crippen LogP contribution in [0.25, 0.3) is 0 Å². The van der Waals surface area contributed by atoms with Gasteiger partial charge in [0.05, 0.1) is 6.54 Å². The molecule has 0 fully saturated rings. The lowest BCUT2D eigenvalue weighted by molar-refractivity contribution is -0.136. The molecule has 0 radical (unpaired) electrons. The predicted molar refractivity (Wildman–Crippen MR) is 61.6 cm³/mol. The van der Waals surface area contributed by atoms with E-state index in [0.717, 1.165) is 11.2 Å². The zero-order chi connectivity index (χ0) is 13.8. The minimum atomic E-state index is -4.06. The minimum absolute atomic E-state index is 0.0369. The van der Waals surface area contributed by atoms with Crippen molar-refractivity contribution in [1.82, 2.24) is 4.31 Å². The Labute approximate surface area is 101 Å². The second-order valence-electron chi connectivity index (χ2n) is 4.18. The first kappa shape index (κ1) is 15.9. The standard InChI is InChI=1S/C9H18N2O5S/c1-6(2)4-11(5-8(10)12)17(15,16)7(3)9(13)14/h6-7H,4-5H2,1-3H3,(H2,10,12)(H,13,14). The Morgan fingerprint density at radius 3 is 2.06 bits per heavy atom. The molecule has 17 heavy (non-hydrogen) atoms. The van der Waals surface area contributed by atoms with E-state index >= 15 is 0 Å². The van der Waals surface area contributed by atoms with E-state index in [1.54, 1.807) is 13.8 Å². The largest absolute Gasteiger partial charge is 0.480 e. The fourth-order valence-corrected chi connectivity index (χ4v) is 2.71. The van der Waals surface area contributed by atoms with Crippen LogP contribution in [0.2, 0.25) is 0 Å². The van der Waals surface area contributed by atoms with Gasteiger partial charge >= 0.3 is 5.97 Å². The Balaban J connectivity index is 5.15. The van der Waals surface area contributed by atoms with Gasteiger partial charge in [-0.3, -0.25) is 9.59 Å². The summed E-state index contributed by atoms with van der Waals surface area (Å²) in [5.74, 6) is -2.31. The number of nitrogens with zero attached hydrogens (tertiary/aromatic N) is 1. The molecule has 0 aromatic heterocycles. The molecular formula is C9H18N2O5S. The van der Waals surface area contributed by atoms with E-state index in [0.29, 0.717) is 0 Å². The van der Waals surface area contributed by atoms with Crippen LogP contribution >= 0.6 is 0 Å². The van der Waals surface area contributed by atoms with Gasteiger partial charge in [-0.25, -0.2) is 8.42 Å².